The van der Waals surface area contributed by atoms with Gasteiger partial charge in [0.2, 0.25) is 0 Å². The molecule has 0 aliphatic heterocycles. The number of urea groups is 1. The van der Waals surface area contributed by atoms with Crippen LogP contribution in [-0.4, -0.2) is 52.5 Å². The summed E-state index contributed by atoms with van der Waals surface area (Å²) in [5.41, 5.74) is 2.14. The fraction of sp³-hybridized carbons (Fsp3) is 0.632. The molecular weight excluding hydrogens is 334 g/mol. The number of hydrogen-bond donors (Lipinski definition) is 1. The number of methoxy groups -OCH3 is 1. The van der Waals surface area contributed by atoms with E-state index in [1.165, 1.54) is 7.11 Å². The van der Waals surface area contributed by atoms with Gasteiger partial charge in [-0.1, -0.05) is 0 Å². The van der Waals surface area contributed by atoms with Crippen LogP contribution < -0.4 is 5.32 Å². The lowest BCUT2D eigenvalue weighted by Gasteiger charge is -2.29. The van der Waals surface area contributed by atoms with Crippen molar-refractivity contribution in [2.45, 2.75) is 65.6 Å². The lowest BCUT2D eigenvalue weighted by molar-refractivity contribution is 0.0588. The highest BCUT2D eigenvalue weighted by molar-refractivity contribution is 6.06. The minimum absolute atomic E-state index is 0.00261. The minimum Gasteiger partial charge on any atom is -0.464 e. The standard InChI is InChI=1S/C19H29N3O4/c1-10(2)20-19(25)22(14-8-9-14)13(5)17(23)15-11(3)16(18(24)26-7)21(6)12(15)4/h10,13-14H,8-9H2,1-7H3,(H,20,25). The van der Waals surface area contributed by atoms with Crippen molar-refractivity contribution >= 4 is 17.8 Å². The van der Waals surface area contributed by atoms with Gasteiger partial charge in [0, 0.05) is 30.4 Å². The second-order valence-corrected chi connectivity index (χ2v) is 7.27. The first-order valence-electron chi connectivity index (χ1n) is 8.99. The van der Waals surface area contributed by atoms with Gasteiger partial charge in [-0.2, -0.15) is 0 Å². The summed E-state index contributed by atoms with van der Waals surface area (Å²) in [6.45, 7) is 9.08. The number of hydrogen-bond acceptors (Lipinski definition) is 4. The third kappa shape index (κ3) is 3.61. The van der Waals surface area contributed by atoms with Crippen LogP contribution in [0.25, 0.3) is 0 Å². The maximum atomic E-state index is 13.2. The van der Waals surface area contributed by atoms with Crippen LogP contribution in [0, 0.1) is 13.8 Å². The highest BCUT2D eigenvalue weighted by Gasteiger charge is 2.40. The normalized spacial score (nSPS) is 14.9. The van der Waals surface area contributed by atoms with Crippen LogP contribution in [0.15, 0.2) is 0 Å². The van der Waals surface area contributed by atoms with Crippen LogP contribution in [0.1, 0.15) is 65.7 Å². The third-order valence-corrected chi connectivity index (χ3v) is 4.94. The van der Waals surface area contributed by atoms with Crippen molar-refractivity contribution in [1.82, 2.24) is 14.8 Å². The molecule has 1 aromatic heterocycles. The van der Waals surface area contributed by atoms with Crippen molar-refractivity contribution in [1.29, 1.82) is 0 Å². The summed E-state index contributed by atoms with van der Waals surface area (Å²) in [6.07, 6.45) is 1.81. The molecule has 0 saturated heterocycles. The van der Waals surface area contributed by atoms with Crippen molar-refractivity contribution in [3.63, 3.8) is 0 Å². The molecule has 1 aliphatic rings. The predicted molar refractivity (Wildman–Crippen MR) is 98.5 cm³/mol. The number of esters is 1. The molecule has 0 aromatic carbocycles. The van der Waals surface area contributed by atoms with Gasteiger partial charge in [-0.05, 0) is 53.0 Å². The SMILES string of the molecule is COC(=O)c1c(C)c(C(=O)C(C)N(C(=O)NC(C)C)C2CC2)c(C)n1C. The number of ether oxygens (including phenoxy) is 1. The van der Waals surface area contributed by atoms with E-state index in [1.807, 2.05) is 13.8 Å². The van der Waals surface area contributed by atoms with E-state index in [4.69, 9.17) is 4.74 Å². The molecule has 144 valence electrons. The Morgan fingerprint density at radius 3 is 2.23 bits per heavy atom. The van der Waals surface area contributed by atoms with Gasteiger partial charge in [-0.25, -0.2) is 9.59 Å². The largest absolute Gasteiger partial charge is 0.464 e. The van der Waals surface area contributed by atoms with E-state index < -0.39 is 12.0 Å². The molecule has 1 unspecified atom stereocenters. The monoisotopic (exact) mass is 363 g/mol. The van der Waals surface area contributed by atoms with Gasteiger partial charge in [-0.15, -0.1) is 0 Å². The number of carbonyl (C=O) groups is 3. The van der Waals surface area contributed by atoms with Crippen LogP contribution >= 0.6 is 0 Å². The molecule has 1 aromatic rings. The van der Waals surface area contributed by atoms with Crippen molar-refractivity contribution in [2.24, 2.45) is 7.05 Å². The average Bonchev–Trinajstić information content (AvgIpc) is 3.35. The fourth-order valence-electron chi connectivity index (χ4n) is 3.39. The second-order valence-electron chi connectivity index (χ2n) is 7.27. The Hall–Kier alpha value is -2.31. The van der Waals surface area contributed by atoms with Crippen molar-refractivity contribution < 1.29 is 19.1 Å². The van der Waals surface area contributed by atoms with E-state index in [0.29, 0.717) is 22.5 Å². The van der Waals surface area contributed by atoms with E-state index in [-0.39, 0.29) is 23.9 Å². The Kier molecular flexibility index (Phi) is 5.78. The number of carbonyl (C=O) groups excluding carboxylic acids is 3. The number of nitrogens with one attached hydrogen (secondary N) is 1. The Bertz CT molecular complexity index is 732. The van der Waals surface area contributed by atoms with E-state index in [0.717, 1.165) is 12.8 Å². The van der Waals surface area contributed by atoms with Crippen molar-refractivity contribution in [2.75, 3.05) is 7.11 Å². The smallest absolute Gasteiger partial charge is 0.354 e. The highest BCUT2D eigenvalue weighted by Crippen LogP contribution is 2.31. The average molecular weight is 363 g/mol. The van der Waals surface area contributed by atoms with Crippen molar-refractivity contribution in [3.05, 3.63) is 22.5 Å². The zero-order valence-corrected chi connectivity index (χ0v) is 16.7. The van der Waals surface area contributed by atoms with Gasteiger partial charge < -0.3 is 19.5 Å². The van der Waals surface area contributed by atoms with Crippen LogP contribution in [0.4, 0.5) is 4.79 Å². The van der Waals surface area contributed by atoms with E-state index in [9.17, 15) is 14.4 Å². The first-order chi connectivity index (χ1) is 12.1. The molecule has 1 N–H and O–H groups in total. The molecule has 0 radical (unpaired) electrons. The summed E-state index contributed by atoms with van der Waals surface area (Å²) in [7, 11) is 3.06. The van der Waals surface area contributed by atoms with Gasteiger partial charge in [0.25, 0.3) is 0 Å². The molecule has 0 bridgehead atoms. The number of aromatic nitrogens is 1. The Morgan fingerprint density at radius 1 is 1.19 bits per heavy atom. The topological polar surface area (TPSA) is 80.6 Å². The fourth-order valence-corrected chi connectivity index (χ4v) is 3.39. The predicted octanol–water partition coefficient (Wildman–Crippen LogP) is 2.58. The lowest BCUT2D eigenvalue weighted by Crippen LogP contribution is -2.51. The number of Topliss-reactive ketones (excluding diaryl/α,β-unsaturated/α-hetero) is 1. The number of amides is 2. The molecule has 26 heavy (non-hydrogen) atoms. The number of rotatable bonds is 6. The molecule has 2 amide bonds. The first-order valence-corrected chi connectivity index (χ1v) is 8.99. The molecule has 2 rings (SSSR count). The van der Waals surface area contributed by atoms with Crippen LogP contribution in [0.5, 0.6) is 0 Å². The molecule has 1 saturated carbocycles. The summed E-state index contributed by atoms with van der Waals surface area (Å²) in [5, 5.41) is 2.88. The Balaban J connectivity index is 2.38. The van der Waals surface area contributed by atoms with E-state index in [2.05, 4.69) is 5.32 Å². The first kappa shape index (κ1) is 20.0. The van der Waals surface area contributed by atoms with Crippen molar-refractivity contribution in [3.8, 4) is 0 Å². The van der Waals surface area contributed by atoms with Gasteiger partial charge in [0.15, 0.2) is 5.78 Å². The maximum absolute atomic E-state index is 13.2. The lowest BCUT2D eigenvalue weighted by atomic mass is 10.00. The Labute approximate surface area is 154 Å². The van der Waals surface area contributed by atoms with Crippen LogP contribution in [0.2, 0.25) is 0 Å². The Morgan fingerprint density at radius 2 is 1.77 bits per heavy atom. The molecule has 0 spiro atoms. The number of nitrogens with zero attached hydrogens (tertiary/aromatic N) is 2. The summed E-state index contributed by atoms with van der Waals surface area (Å²) in [6, 6.07) is -0.733. The molecule has 1 atom stereocenters. The molecule has 1 aliphatic carbocycles. The molecule has 7 heteroatoms. The summed E-state index contributed by atoms with van der Waals surface area (Å²) in [5.74, 6) is -0.632. The van der Waals surface area contributed by atoms with Gasteiger partial charge in [-0.3, -0.25) is 4.79 Å². The van der Waals surface area contributed by atoms with Gasteiger partial charge in [0.05, 0.1) is 13.2 Å². The third-order valence-electron chi connectivity index (χ3n) is 4.94. The number of ketones is 1. The molecule has 1 heterocycles. The maximum Gasteiger partial charge on any atom is 0.354 e. The summed E-state index contributed by atoms with van der Waals surface area (Å²) in [4.78, 5) is 39.5. The quantitative estimate of drug-likeness (QED) is 0.622. The van der Waals surface area contributed by atoms with E-state index in [1.54, 1.807) is 37.3 Å². The zero-order chi connectivity index (χ0) is 19.8. The summed E-state index contributed by atoms with van der Waals surface area (Å²) >= 11 is 0. The molecule has 1 fully saturated rings. The molecular formula is C19H29N3O4. The van der Waals surface area contributed by atoms with Gasteiger partial charge in [0.1, 0.15) is 5.69 Å². The molecule has 7 nitrogen and oxygen atoms in total. The summed E-state index contributed by atoms with van der Waals surface area (Å²) < 4.78 is 6.52. The minimum atomic E-state index is -0.605. The second kappa shape index (κ2) is 7.51. The zero-order valence-electron chi connectivity index (χ0n) is 16.7. The van der Waals surface area contributed by atoms with Gasteiger partial charge >= 0.3 is 12.0 Å². The van der Waals surface area contributed by atoms with E-state index >= 15 is 0 Å². The highest BCUT2D eigenvalue weighted by atomic mass is 16.5. The van der Waals surface area contributed by atoms with Crippen LogP contribution in [0.3, 0.4) is 0 Å². The van der Waals surface area contributed by atoms with Crippen LogP contribution in [-0.2, 0) is 11.8 Å².